The molecule has 4 nitrogen and oxygen atoms in total. The van der Waals surface area contributed by atoms with Crippen LogP contribution in [-0.4, -0.2) is 54.5 Å². The standard InChI is InChI=1S/C20H33N3O/c1-15(2)10-23(11-16(3)4)20(24)14-22-12-18(19(21)13-22)17-8-6-5-7-9-17/h5-9,15-16,18-19H,10-14,21H2,1-4H3/t18-,19+/m0/s1. The number of carbonyl (C=O) groups excluding carboxylic acids is 1. The molecule has 24 heavy (non-hydrogen) atoms. The molecule has 1 amide bonds. The number of benzene rings is 1. The molecule has 2 N–H and O–H groups in total. The van der Waals surface area contributed by atoms with Crippen LogP contribution < -0.4 is 5.73 Å². The molecule has 0 radical (unpaired) electrons. The highest BCUT2D eigenvalue weighted by Gasteiger charge is 2.32. The highest BCUT2D eigenvalue weighted by Crippen LogP contribution is 2.26. The van der Waals surface area contributed by atoms with E-state index in [-0.39, 0.29) is 11.9 Å². The van der Waals surface area contributed by atoms with E-state index in [4.69, 9.17) is 5.73 Å². The fourth-order valence-corrected chi connectivity index (χ4v) is 3.55. The minimum absolute atomic E-state index is 0.101. The summed E-state index contributed by atoms with van der Waals surface area (Å²) in [4.78, 5) is 17.0. The second-order valence-corrected chi connectivity index (χ2v) is 7.96. The van der Waals surface area contributed by atoms with Gasteiger partial charge in [0.2, 0.25) is 5.91 Å². The van der Waals surface area contributed by atoms with Crippen molar-refractivity contribution in [2.24, 2.45) is 17.6 Å². The fourth-order valence-electron chi connectivity index (χ4n) is 3.55. The third kappa shape index (κ3) is 5.32. The lowest BCUT2D eigenvalue weighted by Gasteiger charge is -2.28. The van der Waals surface area contributed by atoms with E-state index in [1.54, 1.807) is 0 Å². The van der Waals surface area contributed by atoms with E-state index in [0.29, 0.717) is 24.3 Å². The molecule has 2 atom stereocenters. The maximum atomic E-state index is 12.8. The van der Waals surface area contributed by atoms with Gasteiger partial charge in [-0.25, -0.2) is 0 Å². The van der Waals surface area contributed by atoms with E-state index in [2.05, 4.69) is 56.9 Å². The minimum Gasteiger partial charge on any atom is -0.341 e. The van der Waals surface area contributed by atoms with E-state index in [1.165, 1.54) is 5.56 Å². The molecule has 0 aromatic heterocycles. The molecule has 0 spiro atoms. The second-order valence-electron chi connectivity index (χ2n) is 7.96. The summed E-state index contributed by atoms with van der Waals surface area (Å²) in [6, 6.07) is 10.5. The van der Waals surface area contributed by atoms with Gasteiger partial charge in [-0.15, -0.1) is 0 Å². The number of nitrogens with zero attached hydrogens (tertiary/aromatic N) is 2. The topological polar surface area (TPSA) is 49.6 Å². The Labute approximate surface area is 147 Å². The first-order valence-electron chi connectivity index (χ1n) is 9.17. The van der Waals surface area contributed by atoms with Gasteiger partial charge in [0, 0.05) is 38.1 Å². The predicted octanol–water partition coefficient (Wildman–Crippen LogP) is 2.55. The molecule has 2 rings (SSSR count). The Morgan fingerprint density at radius 3 is 2.25 bits per heavy atom. The molecular formula is C20H33N3O. The van der Waals surface area contributed by atoms with Gasteiger partial charge in [0.1, 0.15) is 0 Å². The predicted molar refractivity (Wildman–Crippen MR) is 99.9 cm³/mol. The van der Waals surface area contributed by atoms with E-state index >= 15 is 0 Å². The summed E-state index contributed by atoms with van der Waals surface area (Å²) in [5.41, 5.74) is 7.63. The number of hydrogen-bond donors (Lipinski definition) is 1. The highest BCUT2D eigenvalue weighted by atomic mass is 16.2. The lowest BCUT2D eigenvalue weighted by Crippen LogP contribution is -2.43. The van der Waals surface area contributed by atoms with Gasteiger partial charge in [-0.1, -0.05) is 58.0 Å². The van der Waals surface area contributed by atoms with Gasteiger partial charge in [0.15, 0.2) is 0 Å². The van der Waals surface area contributed by atoms with E-state index < -0.39 is 0 Å². The Morgan fingerprint density at radius 2 is 1.71 bits per heavy atom. The SMILES string of the molecule is CC(C)CN(CC(C)C)C(=O)CN1C[C@@H](N)[C@H](c2ccccc2)C1. The molecular weight excluding hydrogens is 298 g/mol. The van der Waals surface area contributed by atoms with Crippen molar-refractivity contribution in [2.75, 3.05) is 32.7 Å². The molecule has 0 aliphatic carbocycles. The molecule has 0 saturated carbocycles. The highest BCUT2D eigenvalue weighted by molar-refractivity contribution is 5.78. The van der Waals surface area contributed by atoms with Crippen LogP contribution >= 0.6 is 0 Å². The van der Waals surface area contributed by atoms with Gasteiger partial charge in [-0.05, 0) is 17.4 Å². The molecule has 1 aromatic carbocycles. The monoisotopic (exact) mass is 331 g/mol. The van der Waals surface area contributed by atoms with Crippen LogP contribution in [0.3, 0.4) is 0 Å². The summed E-state index contributed by atoms with van der Waals surface area (Å²) < 4.78 is 0. The maximum absolute atomic E-state index is 12.8. The summed E-state index contributed by atoms with van der Waals surface area (Å²) in [7, 11) is 0. The molecule has 1 fully saturated rings. The summed E-state index contributed by atoms with van der Waals surface area (Å²) >= 11 is 0. The van der Waals surface area contributed by atoms with Crippen molar-refractivity contribution in [3.8, 4) is 0 Å². The quantitative estimate of drug-likeness (QED) is 0.835. The molecule has 0 unspecified atom stereocenters. The van der Waals surface area contributed by atoms with Crippen LogP contribution in [0.2, 0.25) is 0 Å². The molecule has 1 saturated heterocycles. The number of rotatable bonds is 7. The van der Waals surface area contributed by atoms with E-state index in [1.807, 2.05) is 11.0 Å². The van der Waals surface area contributed by atoms with Crippen LogP contribution in [0.1, 0.15) is 39.2 Å². The van der Waals surface area contributed by atoms with Gasteiger partial charge in [0.05, 0.1) is 6.54 Å². The Morgan fingerprint density at radius 1 is 1.12 bits per heavy atom. The van der Waals surface area contributed by atoms with Gasteiger partial charge >= 0.3 is 0 Å². The number of hydrogen-bond acceptors (Lipinski definition) is 3. The molecule has 0 bridgehead atoms. The van der Waals surface area contributed by atoms with Crippen molar-refractivity contribution in [3.05, 3.63) is 35.9 Å². The smallest absolute Gasteiger partial charge is 0.236 e. The van der Waals surface area contributed by atoms with Crippen molar-refractivity contribution >= 4 is 5.91 Å². The Balaban J connectivity index is 1.96. The molecule has 1 aromatic rings. The first kappa shape index (κ1) is 18.9. The van der Waals surface area contributed by atoms with Crippen molar-refractivity contribution in [2.45, 2.75) is 39.7 Å². The Kier molecular flexibility index (Phi) is 6.81. The number of nitrogens with two attached hydrogens (primary N) is 1. The summed E-state index contributed by atoms with van der Waals surface area (Å²) in [6.07, 6.45) is 0. The lowest BCUT2D eigenvalue weighted by molar-refractivity contribution is -0.133. The zero-order valence-electron chi connectivity index (χ0n) is 15.6. The molecule has 1 aliphatic heterocycles. The Bertz CT molecular complexity index is 505. The van der Waals surface area contributed by atoms with Crippen molar-refractivity contribution in [1.82, 2.24) is 9.80 Å². The molecule has 1 heterocycles. The van der Waals surface area contributed by atoms with Crippen LogP contribution in [0.15, 0.2) is 30.3 Å². The molecule has 4 heteroatoms. The van der Waals surface area contributed by atoms with Crippen LogP contribution in [0.5, 0.6) is 0 Å². The first-order chi connectivity index (χ1) is 11.4. The van der Waals surface area contributed by atoms with Crippen LogP contribution in [0.4, 0.5) is 0 Å². The molecule has 1 aliphatic rings. The normalized spacial score (nSPS) is 21.6. The van der Waals surface area contributed by atoms with Crippen LogP contribution in [-0.2, 0) is 4.79 Å². The Hall–Kier alpha value is -1.39. The molecule has 134 valence electrons. The van der Waals surface area contributed by atoms with Crippen LogP contribution in [0, 0.1) is 11.8 Å². The number of likely N-dealkylation sites (tertiary alicyclic amines) is 1. The number of carbonyl (C=O) groups is 1. The second kappa shape index (κ2) is 8.63. The third-order valence-corrected chi connectivity index (χ3v) is 4.55. The first-order valence-corrected chi connectivity index (χ1v) is 9.17. The van der Waals surface area contributed by atoms with Gasteiger partial charge in [0.25, 0.3) is 0 Å². The summed E-state index contributed by atoms with van der Waals surface area (Å²) in [5.74, 6) is 1.54. The van der Waals surface area contributed by atoms with E-state index in [9.17, 15) is 4.79 Å². The van der Waals surface area contributed by atoms with Crippen molar-refractivity contribution < 1.29 is 4.79 Å². The number of amides is 1. The lowest BCUT2D eigenvalue weighted by atomic mass is 9.95. The maximum Gasteiger partial charge on any atom is 0.236 e. The van der Waals surface area contributed by atoms with Gasteiger partial charge < -0.3 is 10.6 Å². The zero-order valence-corrected chi connectivity index (χ0v) is 15.6. The fraction of sp³-hybridized carbons (Fsp3) is 0.650. The van der Waals surface area contributed by atoms with Crippen molar-refractivity contribution in [1.29, 1.82) is 0 Å². The average Bonchev–Trinajstić information content (AvgIpc) is 2.87. The summed E-state index contributed by atoms with van der Waals surface area (Å²) in [6.45, 7) is 12.5. The largest absolute Gasteiger partial charge is 0.341 e. The van der Waals surface area contributed by atoms with Gasteiger partial charge in [-0.3, -0.25) is 9.69 Å². The van der Waals surface area contributed by atoms with Gasteiger partial charge in [-0.2, -0.15) is 0 Å². The average molecular weight is 332 g/mol. The third-order valence-electron chi connectivity index (χ3n) is 4.55. The van der Waals surface area contributed by atoms with Crippen molar-refractivity contribution in [3.63, 3.8) is 0 Å². The minimum atomic E-state index is 0.101. The van der Waals surface area contributed by atoms with Crippen LogP contribution in [0.25, 0.3) is 0 Å². The zero-order chi connectivity index (χ0) is 17.7. The summed E-state index contributed by atoms with van der Waals surface area (Å²) in [5, 5.41) is 0. The van der Waals surface area contributed by atoms with E-state index in [0.717, 1.165) is 26.2 Å².